The topological polar surface area (TPSA) is 102 Å². The molecule has 7 heteroatoms. The number of carbonyl (C=O) groups excluding carboxylic acids is 1. The van der Waals surface area contributed by atoms with Crippen LogP contribution in [0.3, 0.4) is 0 Å². The van der Waals surface area contributed by atoms with E-state index in [1.807, 2.05) is 0 Å². The summed E-state index contributed by atoms with van der Waals surface area (Å²) >= 11 is 0. The monoisotopic (exact) mass is 240 g/mol. The Balaban J connectivity index is 1.96. The molecule has 0 radical (unpaired) electrons. The van der Waals surface area contributed by atoms with Gasteiger partial charge in [0.2, 0.25) is 5.76 Å². The van der Waals surface area contributed by atoms with Crippen molar-refractivity contribution in [2.75, 3.05) is 13.2 Å². The van der Waals surface area contributed by atoms with Crippen LogP contribution < -0.4 is 5.32 Å². The number of carboxylic acid groups (broad SMARTS) is 1. The van der Waals surface area contributed by atoms with Gasteiger partial charge in [0.05, 0.1) is 0 Å². The van der Waals surface area contributed by atoms with Gasteiger partial charge in [-0.2, -0.15) is 0 Å². The maximum atomic E-state index is 11.7. The highest BCUT2D eigenvalue weighted by Crippen LogP contribution is 2.08. The van der Waals surface area contributed by atoms with Gasteiger partial charge in [-0.25, -0.2) is 4.79 Å². The first-order chi connectivity index (χ1) is 8.16. The van der Waals surface area contributed by atoms with E-state index in [-0.39, 0.29) is 17.5 Å². The molecule has 1 fully saturated rings. The maximum Gasteiger partial charge on any atom is 0.374 e. The highest BCUT2D eigenvalue weighted by molar-refractivity contribution is 5.94. The fourth-order valence-electron chi connectivity index (χ4n) is 1.58. The number of nitrogens with one attached hydrogen (secondary N) is 1. The third-order valence-corrected chi connectivity index (χ3v) is 2.51. The van der Waals surface area contributed by atoms with Crippen LogP contribution in [-0.2, 0) is 4.74 Å². The van der Waals surface area contributed by atoms with Crippen molar-refractivity contribution < 1.29 is 24.0 Å². The number of carboxylic acids is 1. The SMILES string of the molecule is O=C(NC1CCOCC1)c1cc(C(=O)O)on1. The molecule has 1 aliphatic heterocycles. The second kappa shape index (κ2) is 4.96. The van der Waals surface area contributed by atoms with Crippen LogP contribution in [0.5, 0.6) is 0 Å². The minimum absolute atomic E-state index is 0.0195. The summed E-state index contributed by atoms with van der Waals surface area (Å²) < 4.78 is 9.66. The van der Waals surface area contributed by atoms with Crippen LogP contribution in [0.25, 0.3) is 0 Å². The normalized spacial score (nSPS) is 16.7. The molecule has 0 aromatic carbocycles. The summed E-state index contributed by atoms with van der Waals surface area (Å²) in [5.41, 5.74) is -0.0195. The fourth-order valence-corrected chi connectivity index (χ4v) is 1.58. The van der Waals surface area contributed by atoms with E-state index in [0.29, 0.717) is 13.2 Å². The molecule has 1 amide bonds. The lowest BCUT2D eigenvalue weighted by atomic mass is 10.1. The molecule has 0 unspecified atom stereocenters. The Morgan fingerprint density at radius 3 is 2.71 bits per heavy atom. The van der Waals surface area contributed by atoms with E-state index in [9.17, 15) is 9.59 Å². The Hall–Kier alpha value is -1.89. The fraction of sp³-hybridized carbons (Fsp3) is 0.500. The smallest absolute Gasteiger partial charge is 0.374 e. The molecule has 0 saturated carbocycles. The number of hydrogen-bond donors (Lipinski definition) is 2. The number of hydrogen-bond acceptors (Lipinski definition) is 5. The highest BCUT2D eigenvalue weighted by Gasteiger charge is 2.20. The Kier molecular flexibility index (Phi) is 3.38. The summed E-state index contributed by atoms with van der Waals surface area (Å²) in [5, 5.41) is 14.8. The van der Waals surface area contributed by atoms with Crippen LogP contribution in [0.15, 0.2) is 10.6 Å². The van der Waals surface area contributed by atoms with E-state index >= 15 is 0 Å². The zero-order chi connectivity index (χ0) is 12.3. The Morgan fingerprint density at radius 2 is 2.12 bits per heavy atom. The molecule has 2 N–H and O–H groups in total. The van der Waals surface area contributed by atoms with E-state index in [1.165, 1.54) is 0 Å². The van der Waals surface area contributed by atoms with Crippen molar-refractivity contribution in [3.05, 3.63) is 17.5 Å². The van der Waals surface area contributed by atoms with Crippen LogP contribution in [-0.4, -0.2) is 41.4 Å². The number of aromatic carboxylic acids is 1. The van der Waals surface area contributed by atoms with Crippen LogP contribution in [0, 0.1) is 0 Å². The summed E-state index contributed by atoms with van der Waals surface area (Å²) in [7, 11) is 0. The lowest BCUT2D eigenvalue weighted by Crippen LogP contribution is -2.39. The molecule has 1 aliphatic rings. The van der Waals surface area contributed by atoms with Crippen molar-refractivity contribution in [2.24, 2.45) is 0 Å². The summed E-state index contributed by atoms with van der Waals surface area (Å²) in [6, 6.07) is 1.15. The lowest BCUT2D eigenvalue weighted by molar-refractivity contribution is 0.0647. The highest BCUT2D eigenvalue weighted by atomic mass is 16.5. The molecule has 0 atom stereocenters. The molecule has 2 rings (SSSR count). The van der Waals surface area contributed by atoms with Crippen LogP contribution in [0.1, 0.15) is 33.9 Å². The average Bonchev–Trinajstić information content (AvgIpc) is 2.79. The molecule has 17 heavy (non-hydrogen) atoms. The van der Waals surface area contributed by atoms with Crippen LogP contribution in [0.4, 0.5) is 0 Å². The van der Waals surface area contributed by atoms with Crippen molar-refractivity contribution in [3.63, 3.8) is 0 Å². The molecule has 0 aliphatic carbocycles. The molecule has 1 saturated heterocycles. The molecule has 7 nitrogen and oxygen atoms in total. The number of amides is 1. The maximum absolute atomic E-state index is 11.7. The van der Waals surface area contributed by atoms with E-state index < -0.39 is 11.9 Å². The van der Waals surface area contributed by atoms with Crippen molar-refractivity contribution in [1.82, 2.24) is 10.5 Å². The number of aromatic nitrogens is 1. The van der Waals surface area contributed by atoms with Gasteiger partial charge in [0, 0.05) is 25.3 Å². The summed E-state index contributed by atoms with van der Waals surface area (Å²) in [4.78, 5) is 22.2. The van der Waals surface area contributed by atoms with Gasteiger partial charge in [-0.05, 0) is 12.8 Å². The van der Waals surface area contributed by atoms with E-state index in [4.69, 9.17) is 9.84 Å². The zero-order valence-electron chi connectivity index (χ0n) is 9.01. The number of nitrogens with zero attached hydrogens (tertiary/aromatic N) is 1. The number of ether oxygens (including phenoxy) is 1. The molecule has 1 aromatic heterocycles. The van der Waals surface area contributed by atoms with Gasteiger partial charge >= 0.3 is 5.97 Å². The largest absolute Gasteiger partial charge is 0.475 e. The van der Waals surface area contributed by atoms with E-state index in [0.717, 1.165) is 18.9 Å². The average molecular weight is 240 g/mol. The van der Waals surface area contributed by atoms with Gasteiger partial charge in [-0.1, -0.05) is 5.16 Å². The molecular weight excluding hydrogens is 228 g/mol. The first-order valence-electron chi connectivity index (χ1n) is 5.25. The first-order valence-corrected chi connectivity index (χ1v) is 5.25. The third kappa shape index (κ3) is 2.82. The minimum atomic E-state index is -1.25. The zero-order valence-corrected chi connectivity index (χ0v) is 9.01. The molecule has 1 aromatic rings. The van der Waals surface area contributed by atoms with Crippen LogP contribution in [0.2, 0.25) is 0 Å². The van der Waals surface area contributed by atoms with Gasteiger partial charge < -0.3 is 19.7 Å². The van der Waals surface area contributed by atoms with Crippen LogP contribution >= 0.6 is 0 Å². The summed E-state index contributed by atoms with van der Waals surface area (Å²) in [6.45, 7) is 1.23. The predicted octanol–water partition coefficient (Wildman–Crippen LogP) is 0.282. The van der Waals surface area contributed by atoms with Gasteiger partial charge in [-0.15, -0.1) is 0 Å². The number of rotatable bonds is 3. The third-order valence-electron chi connectivity index (χ3n) is 2.51. The Labute approximate surface area is 96.7 Å². The standard InChI is InChI=1S/C10H12N2O5/c13-9(11-6-1-3-16-4-2-6)7-5-8(10(14)15)17-12-7/h5-6H,1-4H2,(H,11,13)(H,14,15). The molecule has 0 spiro atoms. The van der Waals surface area contributed by atoms with Gasteiger partial charge in [0.25, 0.3) is 5.91 Å². The second-order valence-electron chi connectivity index (χ2n) is 3.74. The second-order valence-corrected chi connectivity index (χ2v) is 3.74. The van der Waals surface area contributed by atoms with Gasteiger partial charge in [0.1, 0.15) is 0 Å². The molecular formula is C10H12N2O5. The van der Waals surface area contributed by atoms with Gasteiger partial charge in [-0.3, -0.25) is 4.79 Å². The van der Waals surface area contributed by atoms with Crippen molar-refractivity contribution in [3.8, 4) is 0 Å². The molecule has 92 valence electrons. The van der Waals surface area contributed by atoms with Gasteiger partial charge in [0.15, 0.2) is 5.69 Å². The van der Waals surface area contributed by atoms with Crippen molar-refractivity contribution >= 4 is 11.9 Å². The van der Waals surface area contributed by atoms with Crippen molar-refractivity contribution in [2.45, 2.75) is 18.9 Å². The minimum Gasteiger partial charge on any atom is -0.475 e. The Bertz CT molecular complexity index is 422. The molecule has 2 heterocycles. The Morgan fingerprint density at radius 1 is 1.41 bits per heavy atom. The molecule has 0 bridgehead atoms. The van der Waals surface area contributed by atoms with Crippen molar-refractivity contribution in [1.29, 1.82) is 0 Å². The summed E-state index contributed by atoms with van der Waals surface area (Å²) in [6.07, 6.45) is 1.49. The van der Waals surface area contributed by atoms with E-state index in [2.05, 4.69) is 15.0 Å². The number of carbonyl (C=O) groups is 2. The first kappa shape index (κ1) is 11.6. The quantitative estimate of drug-likeness (QED) is 0.786. The predicted molar refractivity (Wildman–Crippen MR) is 54.8 cm³/mol. The summed E-state index contributed by atoms with van der Waals surface area (Å²) in [5.74, 6) is -2.02. The van der Waals surface area contributed by atoms with E-state index in [1.54, 1.807) is 0 Å². The lowest BCUT2D eigenvalue weighted by Gasteiger charge is -2.22.